The minimum Gasteiger partial charge on any atom is -0.506 e. The highest BCUT2D eigenvalue weighted by Gasteiger charge is 2.14. The molecule has 14 heavy (non-hydrogen) atoms. The third-order valence-corrected chi connectivity index (χ3v) is 2.28. The Kier molecular flexibility index (Phi) is 2.14. The van der Waals surface area contributed by atoms with Gasteiger partial charge in [0, 0.05) is 4.47 Å². The number of aromatic hydroxyl groups is 1. The molecule has 0 aliphatic heterocycles. The molecule has 0 saturated carbocycles. The van der Waals surface area contributed by atoms with Crippen molar-refractivity contribution >= 4 is 27.0 Å². The van der Waals surface area contributed by atoms with E-state index in [0.717, 1.165) is 6.33 Å². The lowest BCUT2D eigenvalue weighted by molar-refractivity contribution is 0.0742. The predicted molar refractivity (Wildman–Crippen MR) is 50.4 cm³/mol. The Morgan fingerprint density at radius 2 is 2.14 bits per heavy atom. The Morgan fingerprint density at radius 3 is 2.79 bits per heavy atom. The second-order valence-electron chi connectivity index (χ2n) is 2.72. The molecule has 0 fully saturated rings. The largest absolute Gasteiger partial charge is 0.506 e. The normalized spacial score (nSPS) is 11.4. The number of rotatable bonds is 1. The summed E-state index contributed by atoms with van der Waals surface area (Å²) in [5.41, 5.74) is 0.375. The van der Waals surface area contributed by atoms with Gasteiger partial charge in [-0.05, 0) is 12.1 Å². The van der Waals surface area contributed by atoms with Gasteiger partial charge in [-0.1, -0.05) is 15.9 Å². The third kappa shape index (κ3) is 1.35. The van der Waals surface area contributed by atoms with E-state index >= 15 is 0 Å². The molecule has 2 aromatic rings. The summed E-state index contributed by atoms with van der Waals surface area (Å²) in [5, 5.41) is 9.45. The maximum absolute atomic E-state index is 12.4. The van der Waals surface area contributed by atoms with E-state index in [-0.39, 0.29) is 11.3 Å². The molecule has 0 aliphatic carbocycles. The molecule has 0 atom stereocenters. The molecule has 1 aromatic carbocycles. The summed E-state index contributed by atoms with van der Waals surface area (Å²) in [6.07, 6.45) is 1.00. The van der Waals surface area contributed by atoms with Crippen molar-refractivity contribution in [3.05, 3.63) is 22.9 Å². The molecule has 0 aliphatic rings. The average molecular weight is 263 g/mol. The second kappa shape index (κ2) is 3.20. The summed E-state index contributed by atoms with van der Waals surface area (Å²) >= 11 is 3.13. The Bertz CT molecular complexity index is 483. The quantitative estimate of drug-likeness (QED) is 0.858. The number of imidazole rings is 1. The number of fused-ring (bicyclic) bond motifs is 1. The summed E-state index contributed by atoms with van der Waals surface area (Å²) < 4.78 is 26.0. The number of halogens is 3. The Hall–Kier alpha value is -1.17. The van der Waals surface area contributed by atoms with Crippen LogP contribution in [-0.2, 0) is 0 Å². The van der Waals surface area contributed by atoms with Crippen LogP contribution in [0.3, 0.4) is 0 Å². The van der Waals surface area contributed by atoms with Crippen molar-refractivity contribution in [3.8, 4) is 5.75 Å². The maximum atomic E-state index is 12.4. The number of nitrogens with zero attached hydrogens (tertiary/aromatic N) is 2. The maximum Gasteiger partial charge on any atom is 0.320 e. The van der Waals surface area contributed by atoms with Crippen LogP contribution < -0.4 is 0 Å². The second-order valence-corrected chi connectivity index (χ2v) is 3.64. The Balaban J connectivity index is 2.79. The molecule has 2 rings (SSSR count). The highest BCUT2D eigenvalue weighted by molar-refractivity contribution is 9.10. The lowest BCUT2D eigenvalue weighted by atomic mass is 10.3. The first-order chi connectivity index (χ1) is 6.59. The number of alkyl halides is 2. The van der Waals surface area contributed by atoms with Crippen LogP contribution in [-0.4, -0.2) is 14.7 Å². The number of benzene rings is 1. The summed E-state index contributed by atoms with van der Waals surface area (Å²) in [4.78, 5) is 3.75. The fourth-order valence-electron chi connectivity index (χ4n) is 1.26. The number of aromatic nitrogens is 2. The first-order valence-corrected chi connectivity index (χ1v) is 4.52. The van der Waals surface area contributed by atoms with E-state index in [1.165, 1.54) is 6.07 Å². The number of phenols is 1. The molecule has 1 aromatic heterocycles. The molecular weight excluding hydrogens is 258 g/mol. The van der Waals surface area contributed by atoms with Gasteiger partial charge >= 0.3 is 6.55 Å². The number of hydrogen-bond acceptors (Lipinski definition) is 2. The first kappa shape index (κ1) is 9.39. The zero-order chi connectivity index (χ0) is 10.3. The average Bonchev–Trinajstić information content (AvgIpc) is 2.47. The van der Waals surface area contributed by atoms with Crippen molar-refractivity contribution in [1.29, 1.82) is 0 Å². The molecule has 3 nitrogen and oxygen atoms in total. The lowest BCUT2D eigenvalue weighted by Crippen LogP contribution is -1.95. The third-order valence-electron chi connectivity index (χ3n) is 1.82. The van der Waals surface area contributed by atoms with E-state index in [1.807, 2.05) is 0 Å². The minimum absolute atomic E-state index is 0.0446. The van der Waals surface area contributed by atoms with E-state index < -0.39 is 6.55 Å². The molecule has 0 spiro atoms. The van der Waals surface area contributed by atoms with Crippen molar-refractivity contribution in [2.24, 2.45) is 0 Å². The van der Waals surface area contributed by atoms with Crippen LogP contribution in [0.5, 0.6) is 5.75 Å². The highest BCUT2D eigenvalue weighted by Crippen LogP contribution is 2.30. The first-order valence-electron chi connectivity index (χ1n) is 3.73. The minimum atomic E-state index is -2.70. The van der Waals surface area contributed by atoms with Gasteiger partial charge in [0.25, 0.3) is 0 Å². The fraction of sp³-hybridized carbons (Fsp3) is 0.125. The van der Waals surface area contributed by atoms with E-state index in [2.05, 4.69) is 20.9 Å². The van der Waals surface area contributed by atoms with Gasteiger partial charge in [-0.3, -0.25) is 4.57 Å². The molecule has 0 radical (unpaired) electrons. The van der Waals surface area contributed by atoms with Crippen LogP contribution in [0.15, 0.2) is 22.9 Å². The van der Waals surface area contributed by atoms with E-state index in [0.29, 0.717) is 14.6 Å². The van der Waals surface area contributed by atoms with E-state index in [9.17, 15) is 13.9 Å². The zero-order valence-corrected chi connectivity index (χ0v) is 8.37. The zero-order valence-electron chi connectivity index (χ0n) is 6.78. The van der Waals surface area contributed by atoms with Crippen molar-refractivity contribution in [1.82, 2.24) is 9.55 Å². The molecule has 0 bridgehead atoms. The van der Waals surface area contributed by atoms with Crippen LogP contribution in [0.25, 0.3) is 11.0 Å². The van der Waals surface area contributed by atoms with Crippen LogP contribution >= 0.6 is 15.9 Å². The molecular formula is C8H5BrF2N2O. The fourth-order valence-corrected chi connectivity index (χ4v) is 1.70. The van der Waals surface area contributed by atoms with Gasteiger partial charge in [0.15, 0.2) is 0 Å². The molecule has 6 heteroatoms. The standard InChI is InChI=1S/C8H5BrF2N2O/c9-4-1-5-7(6(14)2-4)13(3-12-5)8(10)11/h1-3,8,14H. The van der Waals surface area contributed by atoms with Crippen LogP contribution in [0.1, 0.15) is 6.55 Å². The van der Waals surface area contributed by atoms with Gasteiger partial charge in [-0.25, -0.2) is 4.98 Å². The van der Waals surface area contributed by atoms with Crippen molar-refractivity contribution < 1.29 is 13.9 Å². The Labute approximate surface area is 86.1 Å². The van der Waals surface area contributed by atoms with Crippen LogP contribution in [0.4, 0.5) is 8.78 Å². The molecule has 1 N–H and O–H groups in total. The van der Waals surface area contributed by atoms with Gasteiger partial charge in [0.1, 0.15) is 17.6 Å². The molecule has 0 unspecified atom stereocenters. The van der Waals surface area contributed by atoms with Gasteiger partial charge in [0.2, 0.25) is 0 Å². The van der Waals surface area contributed by atoms with Crippen LogP contribution in [0, 0.1) is 0 Å². The molecule has 0 saturated heterocycles. The van der Waals surface area contributed by atoms with E-state index in [1.54, 1.807) is 6.07 Å². The SMILES string of the molecule is Oc1cc(Br)cc2ncn(C(F)F)c12. The lowest BCUT2D eigenvalue weighted by Gasteiger charge is -2.03. The summed E-state index contributed by atoms with van der Waals surface area (Å²) in [7, 11) is 0. The van der Waals surface area contributed by atoms with Gasteiger partial charge in [-0.15, -0.1) is 0 Å². The Morgan fingerprint density at radius 1 is 1.43 bits per heavy atom. The van der Waals surface area contributed by atoms with Crippen molar-refractivity contribution in [2.45, 2.75) is 6.55 Å². The van der Waals surface area contributed by atoms with Crippen molar-refractivity contribution in [2.75, 3.05) is 0 Å². The van der Waals surface area contributed by atoms with Gasteiger partial charge < -0.3 is 5.11 Å². The summed E-state index contributed by atoms with van der Waals surface area (Å²) in [6.45, 7) is -2.70. The topological polar surface area (TPSA) is 38.1 Å². The number of phenolic OH excluding ortho intramolecular Hbond substituents is 1. The molecule has 1 heterocycles. The van der Waals surface area contributed by atoms with Gasteiger partial charge in [-0.2, -0.15) is 8.78 Å². The van der Waals surface area contributed by atoms with Gasteiger partial charge in [0.05, 0.1) is 5.52 Å². The molecule has 0 amide bonds. The predicted octanol–water partition coefficient (Wildman–Crippen LogP) is 2.90. The molecule has 74 valence electrons. The van der Waals surface area contributed by atoms with Crippen LogP contribution in [0.2, 0.25) is 0 Å². The monoisotopic (exact) mass is 262 g/mol. The summed E-state index contributed by atoms with van der Waals surface area (Å²) in [6, 6.07) is 2.91. The van der Waals surface area contributed by atoms with E-state index in [4.69, 9.17) is 0 Å². The smallest absolute Gasteiger partial charge is 0.320 e. The summed E-state index contributed by atoms with van der Waals surface area (Å²) in [5.74, 6) is -0.216. The highest BCUT2D eigenvalue weighted by atomic mass is 79.9. The number of hydrogen-bond donors (Lipinski definition) is 1. The van der Waals surface area contributed by atoms with Crippen molar-refractivity contribution in [3.63, 3.8) is 0 Å².